The molecular weight excluding hydrogens is 663 g/mol. The van der Waals surface area contributed by atoms with Crippen molar-refractivity contribution in [2.24, 2.45) is 0 Å². The van der Waals surface area contributed by atoms with Crippen LogP contribution in [0.4, 0.5) is 0 Å². The summed E-state index contributed by atoms with van der Waals surface area (Å²) in [4.78, 5) is 15.2. The zero-order valence-electron chi connectivity index (χ0n) is 28.9. The van der Waals surface area contributed by atoms with Crippen molar-refractivity contribution in [1.29, 1.82) is 0 Å². The molecule has 0 unspecified atom stereocenters. The van der Waals surface area contributed by atoms with Gasteiger partial charge in [-0.25, -0.2) is 15.0 Å². The van der Waals surface area contributed by atoms with E-state index >= 15 is 0 Å². The Morgan fingerprint density at radius 3 is 1.67 bits per heavy atom. The van der Waals surface area contributed by atoms with Crippen LogP contribution in [0.2, 0.25) is 0 Å². The summed E-state index contributed by atoms with van der Waals surface area (Å²) in [5.41, 5.74) is 10.9. The van der Waals surface area contributed by atoms with Crippen molar-refractivity contribution in [2.75, 3.05) is 0 Å². The van der Waals surface area contributed by atoms with Gasteiger partial charge in [-0.1, -0.05) is 121 Å². The molecule has 1 aliphatic heterocycles. The lowest BCUT2D eigenvalue weighted by molar-refractivity contribution is 0.487. The van der Waals surface area contributed by atoms with E-state index in [2.05, 4.69) is 91.0 Å². The minimum Gasteiger partial charge on any atom is -0.456 e. The molecule has 0 aliphatic carbocycles. The average Bonchev–Trinajstić information content (AvgIpc) is 3.62. The number of furan rings is 1. The van der Waals surface area contributed by atoms with E-state index in [-0.39, 0.29) is 0 Å². The summed E-state index contributed by atoms with van der Waals surface area (Å²) in [6, 6.07) is 60.5. The third-order valence-electron chi connectivity index (χ3n) is 10.3. The van der Waals surface area contributed by atoms with Gasteiger partial charge in [0, 0.05) is 38.4 Å². The van der Waals surface area contributed by atoms with Crippen LogP contribution >= 0.6 is 0 Å². The van der Waals surface area contributed by atoms with E-state index in [4.69, 9.17) is 24.1 Å². The van der Waals surface area contributed by atoms with Crippen LogP contribution in [0.25, 0.3) is 100 Å². The molecule has 10 aromatic rings. The smallest absolute Gasteiger partial charge is 0.164 e. The topological polar surface area (TPSA) is 61.0 Å². The number of para-hydroxylation sites is 1. The number of nitrogens with zero attached hydrogens (tertiary/aromatic N) is 3. The molecule has 5 nitrogen and oxygen atoms in total. The Bertz CT molecular complexity index is 3020. The molecule has 0 saturated heterocycles. The lowest BCUT2D eigenvalue weighted by Crippen LogP contribution is -2.00. The second kappa shape index (κ2) is 12.1. The van der Waals surface area contributed by atoms with Crippen LogP contribution in [0.15, 0.2) is 180 Å². The van der Waals surface area contributed by atoms with Crippen LogP contribution < -0.4 is 4.74 Å². The fourth-order valence-electron chi connectivity index (χ4n) is 7.68. The first-order valence-electron chi connectivity index (χ1n) is 18.0. The van der Waals surface area contributed by atoms with Crippen molar-refractivity contribution in [2.45, 2.75) is 0 Å². The lowest BCUT2D eigenvalue weighted by Gasteiger charge is -2.22. The molecule has 54 heavy (non-hydrogen) atoms. The maximum Gasteiger partial charge on any atom is 0.164 e. The summed E-state index contributed by atoms with van der Waals surface area (Å²) >= 11 is 0. The Morgan fingerprint density at radius 2 is 0.926 bits per heavy atom. The monoisotopic (exact) mass is 691 g/mol. The van der Waals surface area contributed by atoms with Crippen LogP contribution in [-0.2, 0) is 0 Å². The summed E-state index contributed by atoms with van der Waals surface area (Å²) in [6.07, 6.45) is 0. The quantitative estimate of drug-likeness (QED) is 0.180. The van der Waals surface area contributed by atoms with Gasteiger partial charge >= 0.3 is 0 Å². The van der Waals surface area contributed by atoms with E-state index in [1.54, 1.807) is 0 Å². The first-order valence-corrected chi connectivity index (χ1v) is 18.0. The van der Waals surface area contributed by atoms with Gasteiger partial charge < -0.3 is 9.15 Å². The summed E-state index contributed by atoms with van der Waals surface area (Å²) < 4.78 is 12.8. The van der Waals surface area contributed by atoms with Gasteiger partial charge in [-0.15, -0.1) is 0 Å². The molecular formula is C49H29N3O2. The number of hydrogen-bond donors (Lipinski definition) is 0. The van der Waals surface area contributed by atoms with E-state index in [0.29, 0.717) is 17.5 Å². The molecule has 0 N–H and O–H groups in total. The molecule has 0 radical (unpaired) electrons. The minimum absolute atomic E-state index is 0.593. The van der Waals surface area contributed by atoms with Crippen LogP contribution in [-0.4, -0.2) is 15.0 Å². The number of ether oxygens (including phenoxy) is 1. The Morgan fingerprint density at radius 1 is 0.333 bits per heavy atom. The van der Waals surface area contributed by atoms with Crippen molar-refractivity contribution in [3.8, 4) is 79.0 Å². The van der Waals surface area contributed by atoms with E-state index in [9.17, 15) is 0 Å². The van der Waals surface area contributed by atoms with Gasteiger partial charge in [0.15, 0.2) is 17.5 Å². The van der Waals surface area contributed by atoms with Crippen molar-refractivity contribution in [1.82, 2.24) is 15.0 Å². The fraction of sp³-hybridized carbons (Fsp3) is 0. The molecule has 2 aromatic heterocycles. The lowest BCUT2D eigenvalue weighted by atomic mass is 9.91. The van der Waals surface area contributed by atoms with E-state index < -0.39 is 0 Å². The fourth-order valence-corrected chi connectivity index (χ4v) is 7.68. The second-order valence-electron chi connectivity index (χ2n) is 13.6. The van der Waals surface area contributed by atoms with Crippen molar-refractivity contribution < 1.29 is 9.15 Å². The van der Waals surface area contributed by atoms with Gasteiger partial charge in [-0.05, 0) is 87.8 Å². The highest BCUT2D eigenvalue weighted by molar-refractivity contribution is 6.07. The zero-order valence-corrected chi connectivity index (χ0v) is 28.9. The maximum absolute atomic E-state index is 6.61. The van der Waals surface area contributed by atoms with Gasteiger partial charge in [-0.2, -0.15) is 0 Å². The van der Waals surface area contributed by atoms with E-state index in [1.807, 2.05) is 84.9 Å². The van der Waals surface area contributed by atoms with Crippen molar-refractivity contribution in [3.63, 3.8) is 0 Å². The Hall–Kier alpha value is -7.37. The number of rotatable bonds is 5. The van der Waals surface area contributed by atoms with Crippen LogP contribution in [0, 0.1) is 0 Å². The SMILES string of the molecule is c1ccc(-c2nc(-c3ccccc3)nc(-c3cc(-c4ccc5c(c4)Oc4cccc6cccc-5c46)cc(-c4ccc5oc6ccccc6c5c4)c3)n2)cc1. The number of fused-ring (bicyclic) bond motifs is 5. The van der Waals surface area contributed by atoms with E-state index in [1.165, 1.54) is 10.9 Å². The molecule has 0 fully saturated rings. The Balaban J connectivity index is 1.12. The third kappa shape index (κ3) is 5.06. The highest BCUT2D eigenvalue weighted by Gasteiger charge is 2.21. The van der Waals surface area contributed by atoms with Crippen molar-refractivity contribution in [3.05, 3.63) is 176 Å². The van der Waals surface area contributed by atoms with Crippen LogP contribution in [0.3, 0.4) is 0 Å². The first-order chi connectivity index (χ1) is 26.7. The Kier molecular flexibility index (Phi) is 6.79. The summed E-state index contributed by atoms with van der Waals surface area (Å²) in [7, 11) is 0. The molecule has 1 aliphatic rings. The Labute approximate surface area is 310 Å². The van der Waals surface area contributed by atoms with Crippen LogP contribution in [0.5, 0.6) is 11.5 Å². The molecule has 0 bridgehead atoms. The average molecular weight is 692 g/mol. The van der Waals surface area contributed by atoms with E-state index in [0.717, 1.165) is 83.3 Å². The summed E-state index contributed by atoms with van der Waals surface area (Å²) in [5, 5.41) is 4.47. The molecule has 3 heterocycles. The predicted molar refractivity (Wildman–Crippen MR) is 217 cm³/mol. The van der Waals surface area contributed by atoms with Crippen LogP contribution in [0.1, 0.15) is 0 Å². The van der Waals surface area contributed by atoms with Gasteiger partial charge in [0.05, 0.1) is 0 Å². The molecule has 0 amide bonds. The number of aromatic nitrogens is 3. The van der Waals surface area contributed by atoms with Gasteiger partial charge in [0.25, 0.3) is 0 Å². The summed E-state index contributed by atoms with van der Waals surface area (Å²) in [5.74, 6) is 3.53. The number of hydrogen-bond acceptors (Lipinski definition) is 5. The first kappa shape index (κ1) is 30.3. The molecule has 252 valence electrons. The zero-order chi connectivity index (χ0) is 35.6. The summed E-state index contributed by atoms with van der Waals surface area (Å²) in [6.45, 7) is 0. The highest BCUT2D eigenvalue weighted by atomic mass is 16.5. The van der Waals surface area contributed by atoms with Gasteiger partial charge in [0.1, 0.15) is 22.7 Å². The largest absolute Gasteiger partial charge is 0.456 e. The molecule has 0 saturated carbocycles. The van der Waals surface area contributed by atoms with Crippen molar-refractivity contribution >= 4 is 32.7 Å². The number of benzene rings is 8. The predicted octanol–water partition coefficient (Wildman–Crippen LogP) is 13.0. The minimum atomic E-state index is 0.593. The maximum atomic E-state index is 6.61. The normalized spacial score (nSPS) is 11.9. The third-order valence-corrected chi connectivity index (χ3v) is 10.3. The standard InChI is InChI=1S/C49H29N3O2/c1-3-11-31(12-4-1)47-50-48(32-13-5-2-6-14-32)52-49(51-47)37-26-35(33-22-24-43-41(28-33)38-17-7-8-19-42(38)53-43)25-36(27-37)34-21-23-39-40-18-9-15-30-16-10-20-44(46(30)40)54-45(39)29-34/h1-29H. The molecule has 8 aromatic carbocycles. The molecule has 11 rings (SSSR count). The van der Waals surface area contributed by atoms with Gasteiger partial charge in [0.2, 0.25) is 0 Å². The molecule has 5 heteroatoms. The molecule has 0 atom stereocenters. The second-order valence-corrected chi connectivity index (χ2v) is 13.6. The highest BCUT2D eigenvalue weighted by Crippen LogP contribution is 2.48. The van der Waals surface area contributed by atoms with Gasteiger partial charge in [-0.3, -0.25) is 0 Å². The molecule has 0 spiro atoms.